The molecule has 1 aliphatic heterocycles. The van der Waals surface area contributed by atoms with Crippen molar-refractivity contribution in [2.45, 2.75) is 13.5 Å². The number of allylic oxidation sites excluding steroid dienone is 1. The van der Waals surface area contributed by atoms with Gasteiger partial charge in [0.1, 0.15) is 6.61 Å². The molecule has 184 valence electrons. The zero-order valence-corrected chi connectivity index (χ0v) is 21.4. The van der Waals surface area contributed by atoms with Crippen LogP contribution < -0.4 is 14.4 Å². The van der Waals surface area contributed by atoms with Crippen LogP contribution in [0.25, 0.3) is 6.08 Å². The fourth-order valence-corrected chi connectivity index (χ4v) is 4.20. The number of halogens is 2. The van der Waals surface area contributed by atoms with Gasteiger partial charge >= 0.3 is 5.97 Å². The topological polar surface area (TPSA) is 65.1 Å². The molecule has 6 nitrogen and oxygen atoms in total. The number of hydrogen-bond acceptors (Lipinski definition) is 5. The molecule has 3 aromatic rings. The molecule has 0 aromatic heterocycles. The van der Waals surface area contributed by atoms with Gasteiger partial charge in [0.15, 0.2) is 11.5 Å². The Balaban J connectivity index is 1.69. The fourth-order valence-electron chi connectivity index (χ4n) is 3.91. The maximum Gasteiger partial charge on any atom is 0.340 e. The summed E-state index contributed by atoms with van der Waals surface area (Å²) in [6.45, 7) is 2.05. The number of anilines is 1. The van der Waals surface area contributed by atoms with E-state index >= 15 is 0 Å². The second-order valence-electron chi connectivity index (χ2n) is 7.93. The molecule has 4 rings (SSSR count). The molecular weight excluding hydrogens is 501 g/mol. The van der Waals surface area contributed by atoms with Gasteiger partial charge < -0.3 is 14.2 Å². The number of ether oxygens (including phenoxy) is 3. The van der Waals surface area contributed by atoms with Crippen molar-refractivity contribution >= 4 is 46.8 Å². The van der Waals surface area contributed by atoms with Gasteiger partial charge in [-0.05, 0) is 54.5 Å². The average molecular weight is 524 g/mol. The second-order valence-corrected chi connectivity index (χ2v) is 8.75. The van der Waals surface area contributed by atoms with Crippen LogP contribution >= 0.6 is 23.2 Å². The van der Waals surface area contributed by atoms with Gasteiger partial charge in [0.05, 0.1) is 41.1 Å². The van der Waals surface area contributed by atoms with E-state index in [1.54, 1.807) is 49.4 Å². The lowest BCUT2D eigenvalue weighted by Crippen LogP contribution is -2.24. The highest BCUT2D eigenvalue weighted by atomic mass is 35.5. The number of methoxy groups -OCH3 is 2. The van der Waals surface area contributed by atoms with Gasteiger partial charge in [0.2, 0.25) is 0 Å². The third-order valence-corrected chi connectivity index (χ3v) is 6.43. The first kappa shape index (κ1) is 25.4. The maximum absolute atomic E-state index is 13.5. The lowest BCUT2D eigenvalue weighted by atomic mass is 10.0. The molecule has 36 heavy (non-hydrogen) atoms. The molecule has 0 bridgehead atoms. The Morgan fingerprint density at radius 3 is 2.36 bits per heavy atom. The Kier molecular flexibility index (Phi) is 7.67. The zero-order valence-electron chi connectivity index (χ0n) is 19.9. The first-order chi connectivity index (χ1) is 17.3. The Morgan fingerprint density at radius 1 is 0.944 bits per heavy atom. The van der Waals surface area contributed by atoms with E-state index in [9.17, 15) is 9.59 Å². The lowest BCUT2D eigenvalue weighted by Gasteiger charge is -2.18. The van der Waals surface area contributed by atoms with Gasteiger partial charge in [-0.2, -0.15) is 0 Å². The molecule has 1 heterocycles. The normalized spacial score (nSPS) is 14.4. The Labute approximate surface area is 219 Å². The van der Waals surface area contributed by atoms with E-state index in [2.05, 4.69) is 0 Å². The number of carbonyl (C=O) groups is 2. The quantitative estimate of drug-likeness (QED) is 0.262. The highest BCUT2D eigenvalue weighted by molar-refractivity contribution is 6.42. The monoisotopic (exact) mass is 523 g/mol. The van der Waals surface area contributed by atoms with E-state index in [4.69, 9.17) is 37.4 Å². The Bertz CT molecular complexity index is 1380. The van der Waals surface area contributed by atoms with Crippen LogP contribution in [0.3, 0.4) is 0 Å². The number of benzene rings is 3. The molecule has 0 N–H and O–H groups in total. The molecule has 0 fully saturated rings. The standard InChI is InChI=1S/C28H23Cl2NO5/c1-17-26(28(33)35-3)21(27(32)31(17)20-10-11-22(29)23(30)15-20)13-19-9-12-24(25(14-19)34-2)36-16-18-7-5-4-6-8-18/h4-15H,16H2,1-3H3/b21-13-. The third kappa shape index (κ3) is 5.10. The van der Waals surface area contributed by atoms with Crippen molar-refractivity contribution < 1.29 is 23.8 Å². The van der Waals surface area contributed by atoms with Gasteiger partial charge in [-0.15, -0.1) is 0 Å². The minimum Gasteiger partial charge on any atom is -0.493 e. The van der Waals surface area contributed by atoms with Gasteiger partial charge in [-0.25, -0.2) is 4.79 Å². The molecule has 1 aliphatic rings. The smallest absolute Gasteiger partial charge is 0.340 e. The van der Waals surface area contributed by atoms with E-state index in [0.29, 0.717) is 45.1 Å². The molecule has 8 heteroatoms. The van der Waals surface area contributed by atoms with Crippen LogP contribution in [0.5, 0.6) is 11.5 Å². The lowest BCUT2D eigenvalue weighted by molar-refractivity contribution is -0.136. The van der Waals surface area contributed by atoms with Crippen molar-refractivity contribution in [1.29, 1.82) is 0 Å². The number of esters is 1. The van der Waals surface area contributed by atoms with Crippen molar-refractivity contribution in [2.24, 2.45) is 0 Å². The number of carbonyl (C=O) groups excluding carboxylic acids is 2. The van der Waals surface area contributed by atoms with Crippen molar-refractivity contribution in [3.8, 4) is 11.5 Å². The minimum atomic E-state index is -0.621. The van der Waals surface area contributed by atoms with E-state index in [-0.39, 0.29) is 11.1 Å². The summed E-state index contributed by atoms with van der Waals surface area (Å²) in [5, 5.41) is 0.655. The summed E-state index contributed by atoms with van der Waals surface area (Å²) < 4.78 is 16.4. The summed E-state index contributed by atoms with van der Waals surface area (Å²) in [7, 11) is 2.81. The summed E-state index contributed by atoms with van der Waals surface area (Å²) in [5.74, 6) is 0.0325. The number of nitrogens with zero attached hydrogens (tertiary/aromatic N) is 1. The summed E-state index contributed by atoms with van der Waals surface area (Å²) in [4.78, 5) is 27.6. The summed E-state index contributed by atoms with van der Waals surface area (Å²) >= 11 is 12.2. The minimum absolute atomic E-state index is 0.164. The number of amides is 1. The van der Waals surface area contributed by atoms with Crippen LogP contribution in [0.1, 0.15) is 18.1 Å². The first-order valence-corrected chi connectivity index (χ1v) is 11.7. The second kappa shape index (κ2) is 10.9. The van der Waals surface area contributed by atoms with Crippen molar-refractivity contribution in [1.82, 2.24) is 0 Å². The van der Waals surface area contributed by atoms with Crippen molar-refractivity contribution in [2.75, 3.05) is 19.1 Å². The highest BCUT2D eigenvalue weighted by Gasteiger charge is 2.38. The molecule has 0 aliphatic carbocycles. The van der Waals surface area contributed by atoms with E-state index in [1.807, 2.05) is 30.3 Å². The Hall–Kier alpha value is -3.74. The van der Waals surface area contributed by atoms with Gasteiger partial charge in [0, 0.05) is 5.70 Å². The van der Waals surface area contributed by atoms with E-state index < -0.39 is 11.9 Å². The van der Waals surface area contributed by atoms with Gasteiger partial charge in [-0.1, -0.05) is 59.6 Å². The maximum atomic E-state index is 13.5. The highest BCUT2D eigenvalue weighted by Crippen LogP contribution is 2.38. The van der Waals surface area contributed by atoms with Crippen LogP contribution in [0.4, 0.5) is 5.69 Å². The van der Waals surface area contributed by atoms with E-state index in [1.165, 1.54) is 19.1 Å². The van der Waals surface area contributed by atoms with Crippen LogP contribution in [-0.4, -0.2) is 26.1 Å². The number of hydrogen-bond donors (Lipinski definition) is 0. The average Bonchev–Trinajstić information content (AvgIpc) is 3.13. The molecule has 1 amide bonds. The van der Waals surface area contributed by atoms with Crippen LogP contribution in [0, 0.1) is 0 Å². The molecule has 0 saturated carbocycles. The van der Waals surface area contributed by atoms with Crippen LogP contribution in [-0.2, 0) is 20.9 Å². The molecule has 3 aromatic carbocycles. The zero-order chi connectivity index (χ0) is 25.8. The van der Waals surface area contributed by atoms with Gasteiger partial charge in [-0.3, -0.25) is 9.69 Å². The molecule has 0 atom stereocenters. The van der Waals surface area contributed by atoms with E-state index in [0.717, 1.165) is 5.56 Å². The SMILES string of the molecule is COC(=O)C1=C(C)N(c2ccc(Cl)c(Cl)c2)C(=O)/C1=C\c1ccc(OCc2ccccc2)c(OC)c1. The summed E-state index contributed by atoms with van der Waals surface area (Å²) in [6, 6.07) is 19.9. The molecule has 0 saturated heterocycles. The van der Waals surface area contributed by atoms with Gasteiger partial charge in [0.25, 0.3) is 5.91 Å². The molecular formula is C28H23Cl2NO5. The number of rotatable bonds is 7. The first-order valence-electron chi connectivity index (χ1n) is 11.0. The van der Waals surface area contributed by atoms with Crippen LogP contribution in [0.2, 0.25) is 10.0 Å². The Morgan fingerprint density at radius 2 is 1.69 bits per heavy atom. The largest absolute Gasteiger partial charge is 0.493 e. The van der Waals surface area contributed by atoms with Crippen LogP contribution in [0.15, 0.2) is 83.6 Å². The molecule has 0 radical (unpaired) electrons. The molecule has 0 spiro atoms. The summed E-state index contributed by atoms with van der Waals surface area (Å²) in [6.07, 6.45) is 1.62. The fraction of sp³-hybridized carbons (Fsp3) is 0.143. The molecule has 0 unspecified atom stereocenters. The predicted molar refractivity (Wildman–Crippen MR) is 140 cm³/mol. The van der Waals surface area contributed by atoms with Crippen molar-refractivity contribution in [3.05, 3.63) is 105 Å². The predicted octanol–water partition coefficient (Wildman–Crippen LogP) is 6.46. The van der Waals surface area contributed by atoms with Crippen molar-refractivity contribution in [3.63, 3.8) is 0 Å². The summed E-state index contributed by atoms with van der Waals surface area (Å²) in [5.41, 5.74) is 2.92. The third-order valence-electron chi connectivity index (χ3n) is 5.69.